The van der Waals surface area contributed by atoms with Gasteiger partial charge >= 0.3 is 0 Å². The van der Waals surface area contributed by atoms with Gasteiger partial charge in [-0.05, 0) is 49.7 Å². The molecule has 0 aromatic rings. The first-order valence-corrected chi connectivity index (χ1v) is 5.72. The third kappa shape index (κ3) is 2.04. The highest BCUT2D eigenvalue weighted by atomic mass is 16.1. The highest BCUT2D eigenvalue weighted by Crippen LogP contribution is 2.38. The summed E-state index contributed by atoms with van der Waals surface area (Å²) in [5.41, 5.74) is 2.45. The summed E-state index contributed by atoms with van der Waals surface area (Å²) in [4.78, 5) is 28.4. The second kappa shape index (κ2) is 5.02. The predicted octanol–water partition coefficient (Wildman–Crippen LogP) is 2.06. The third-order valence-corrected chi connectivity index (χ3v) is 3.48. The molecule has 4 nitrogen and oxygen atoms in total. The van der Waals surface area contributed by atoms with Crippen LogP contribution in [0.1, 0.15) is 38.5 Å². The number of hydrogen-bond acceptors (Lipinski definition) is 4. The van der Waals surface area contributed by atoms with Gasteiger partial charge in [0.05, 0.1) is 12.1 Å². The number of aliphatic imine (C=N–C) groups is 2. The molecule has 0 saturated heterocycles. The molecule has 2 rings (SSSR count). The Bertz CT molecular complexity index is 363. The minimum absolute atomic E-state index is 0.00842. The molecule has 2 aliphatic rings. The second-order valence-electron chi connectivity index (χ2n) is 4.31. The van der Waals surface area contributed by atoms with Crippen molar-refractivity contribution in [2.45, 2.75) is 50.6 Å². The Labute approximate surface area is 94.2 Å². The summed E-state index contributed by atoms with van der Waals surface area (Å²) in [6.07, 6.45) is 9.14. The molecule has 0 heterocycles. The third-order valence-electron chi connectivity index (χ3n) is 3.48. The van der Waals surface area contributed by atoms with Crippen molar-refractivity contribution in [1.29, 1.82) is 0 Å². The number of rotatable bonds is 2. The lowest BCUT2D eigenvalue weighted by Crippen LogP contribution is -2.25. The molecule has 84 valence electrons. The smallest absolute Gasteiger partial charge is 0.211 e. The lowest BCUT2D eigenvalue weighted by molar-refractivity contribution is 0.476. The van der Waals surface area contributed by atoms with Gasteiger partial charge in [0.25, 0.3) is 0 Å². The molecular formula is C12H14N2O2. The van der Waals surface area contributed by atoms with Crippen LogP contribution in [-0.4, -0.2) is 24.2 Å². The fourth-order valence-electron chi connectivity index (χ4n) is 2.81. The molecule has 2 atom stereocenters. The lowest BCUT2D eigenvalue weighted by Gasteiger charge is -2.32. The molecule has 0 aromatic carbocycles. The van der Waals surface area contributed by atoms with Gasteiger partial charge in [-0.25, -0.2) is 9.59 Å². The molecule has 2 aliphatic carbocycles. The Hall–Kier alpha value is -1.50. The normalized spacial score (nSPS) is 28.8. The van der Waals surface area contributed by atoms with Crippen LogP contribution >= 0.6 is 0 Å². The molecule has 0 saturated carbocycles. The molecule has 0 aliphatic heterocycles. The molecule has 0 amide bonds. The largest absolute Gasteiger partial charge is 0.235 e. The highest BCUT2D eigenvalue weighted by Gasteiger charge is 2.30. The zero-order valence-electron chi connectivity index (χ0n) is 9.11. The first kappa shape index (κ1) is 11.0. The highest BCUT2D eigenvalue weighted by molar-refractivity contribution is 5.40. The monoisotopic (exact) mass is 218 g/mol. The fourth-order valence-corrected chi connectivity index (χ4v) is 2.81. The Balaban J connectivity index is 2.34. The van der Waals surface area contributed by atoms with Gasteiger partial charge in [0.2, 0.25) is 12.2 Å². The maximum absolute atomic E-state index is 10.4. The van der Waals surface area contributed by atoms with E-state index in [4.69, 9.17) is 0 Å². The van der Waals surface area contributed by atoms with E-state index in [2.05, 4.69) is 9.98 Å². The molecule has 0 bridgehead atoms. The Morgan fingerprint density at radius 3 is 1.69 bits per heavy atom. The van der Waals surface area contributed by atoms with Crippen molar-refractivity contribution < 1.29 is 9.59 Å². The summed E-state index contributed by atoms with van der Waals surface area (Å²) in [6.45, 7) is 0. The van der Waals surface area contributed by atoms with Gasteiger partial charge in [-0.1, -0.05) is 0 Å². The molecule has 0 N–H and O–H groups in total. The lowest BCUT2D eigenvalue weighted by atomic mass is 9.77. The van der Waals surface area contributed by atoms with Crippen LogP contribution < -0.4 is 0 Å². The topological polar surface area (TPSA) is 58.9 Å². The van der Waals surface area contributed by atoms with Crippen LogP contribution in [0.2, 0.25) is 0 Å². The van der Waals surface area contributed by atoms with Crippen LogP contribution in [0.4, 0.5) is 0 Å². The number of isocyanates is 2. The van der Waals surface area contributed by atoms with Crippen LogP contribution in [0.5, 0.6) is 0 Å². The Morgan fingerprint density at radius 1 is 0.875 bits per heavy atom. The van der Waals surface area contributed by atoms with Gasteiger partial charge in [-0.2, -0.15) is 9.98 Å². The van der Waals surface area contributed by atoms with Gasteiger partial charge in [0.15, 0.2) is 0 Å². The minimum Gasteiger partial charge on any atom is -0.211 e. The molecule has 0 aromatic heterocycles. The summed E-state index contributed by atoms with van der Waals surface area (Å²) in [5.74, 6) is 0. The van der Waals surface area contributed by atoms with Crippen molar-refractivity contribution in [3.8, 4) is 0 Å². The van der Waals surface area contributed by atoms with Gasteiger partial charge in [-0.3, -0.25) is 0 Å². The van der Waals surface area contributed by atoms with Crippen LogP contribution in [-0.2, 0) is 9.59 Å². The van der Waals surface area contributed by atoms with E-state index in [1.807, 2.05) is 0 Å². The molecule has 4 heteroatoms. The Morgan fingerprint density at radius 2 is 1.31 bits per heavy atom. The molecule has 16 heavy (non-hydrogen) atoms. The average molecular weight is 218 g/mol. The zero-order chi connectivity index (χ0) is 11.4. The maximum Gasteiger partial charge on any atom is 0.235 e. The van der Waals surface area contributed by atoms with Crippen molar-refractivity contribution in [1.82, 2.24) is 0 Å². The SMILES string of the molecule is O=C=NC1CCCC2=C1CCCC2N=C=O. The first-order valence-electron chi connectivity index (χ1n) is 5.72. The Kier molecular flexibility index (Phi) is 3.45. The van der Waals surface area contributed by atoms with E-state index in [0.717, 1.165) is 38.5 Å². The fraction of sp³-hybridized carbons (Fsp3) is 0.667. The summed E-state index contributed by atoms with van der Waals surface area (Å²) < 4.78 is 0. The minimum atomic E-state index is -0.00842. The maximum atomic E-state index is 10.4. The summed E-state index contributed by atoms with van der Waals surface area (Å²) in [6, 6.07) is -0.0168. The van der Waals surface area contributed by atoms with Crippen LogP contribution in [0.3, 0.4) is 0 Å². The van der Waals surface area contributed by atoms with E-state index in [9.17, 15) is 9.59 Å². The average Bonchev–Trinajstić information content (AvgIpc) is 2.31. The number of carbonyl (C=O) groups excluding carboxylic acids is 2. The van der Waals surface area contributed by atoms with E-state index in [0.29, 0.717) is 0 Å². The van der Waals surface area contributed by atoms with Crippen molar-refractivity contribution >= 4 is 12.2 Å². The van der Waals surface area contributed by atoms with Crippen molar-refractivity contribution in [3.63, 3.8) is 0 Å². The van der Waals surface area contributed by atoms with Gasteiger partial charge in [0.1, 0.15) is 0 Å². The van der Waals surface area contributed by atoms with E-state index >= 15 is 0 Å². The van der Waals surface area contributed by atoms with Gasteiger partial charge < -0.3 is 0 Å². The predicted molar refractivity (Wildman–Crippen MR) is 58.5 cm³/mol. The summed E-state index contributed by atoms with van der Waals surface area (Å²) >= 11 is 0. The van der Waals surface area contributed by atoms with Crippen molar-refractivity contribution in [3.05, 3.63) is 11.1 Å². The molecule has 0 fully saturated rings. The number of nitrogens with zero attached hydrogens (tertiary/aromatic N) is 2. The van der Waals surface area contributed by atoms with E-state index in [1.54, 1.807) is 12.2 Å². The quantitative estimate of drug-likeness (QED) is 0.404. The van der Waals surface area contributed by atoms with Gasteiger partial charge in [0, 0.05) is 0 Å². The van der Waals surface area contributed by atoms with Crippen LogP contribution in [0.25, 0.3) is 0 Å². The summed E-state index contributed by atoms with van der Waals surface area (Å²) in [7, 11) is 0. The molecule has 0 radical (unpaired) electrons. The van der Waals surface area contributed by atoms with E-state index in [-0.39, 0.29) is 12.1 Å². The zero-order valence-corrected chi connectivity index (χ0v) is 9.11. The molecule has 2 unspecified atom stereocenters. The van der Waals surface area contributed by atoms with Crippen LogP contribution in [0, 0.1) is 0 Å². The van der Waals surface area contributed by atoms with Crippen molar-refractivity contribution in [2.75, 3.05) is 0 Å². The van der Waals surface area contributed by atoms with E-state index < -0.39 is 0 Å². The van der Waals surface area contributed by atoms with Crippen LogP contribution in [0.15, 0.2) is 21.1 Å². The molecular weight excluding hydrogens is 204 g/mol. The number of hydrogen-bond donors (Lipinski definition) is 0. The standard InChI is InChI=1S/C12H14N2O2/c15-7-13-11-5-1-3-9-10(11)4-2-6-12(9)14-8-16/h11-12H,1-6H2. The van der Waals surface area contributed by atoms with Crippen molar-refractivity contribution in [2.24, 2.45) is 9.98 Å². The molecule has 0 spiro atoms. The van der Waals surface area contributed by atoms with E-state index in [1.165, 1.54) is 11.1 Å². The second-order valence-corrected chi connectivity index (χ2v) is 4.31. The first-order chi connectivity index (χ1) is 7.86. The summed E-state index contributed by atoms with van der Waals surface area (Å²) in [5, 5.41) is 0. The van der Waals surface area contributed by atoms with Gasteiger partial charge in [-0.15, -0.1) is 0 Å².